The maximum Gasteiger partial charge on any atom is 0.120 e. The summed E-state index contributed by atoms with van der Waals surface area (Å²) in [6.45, 7) is 1.07. The summed E-state index contributed by atoms with van der Waals surface area (Å²) in [6.07, 6.45) is 2.69. The molecule has 2 heteroatoms. The Morgan fingerprint density at radius 1 is 1.71 bits per heavy atom. The second kappa shape index (κ2) is 5.63. The van der Waals surface area contributed by atoms with Crippen LogP contribution in [0.3, 0.4) is 0 Å². The van der Waals surface area contributed by atoms with Crippen LogP contribution < -0.4 is 5.32 Å². The summed E-state index contributed by atoms with van der Waals surface area (Å²) in [5.74, 6) is 0. The largest absolute Gasteiger partial charge is 0.349 e. The molecule has 0 aliphatic heterocycles. The third-order valence-corrected chi connectivity index (χ3v) is 0.815. The second-order valence-electron chi connectivity index (χ2n) is 1.51. The molecule has 0 aromatic heterocycles. The Balaban J connectivity index is 2.56. The van der Waals surface area contributed by atoms with Gasteiger partial charge in [0, 0.05) is 12.8 Å². The molecule has 0 heterocycles. The standard InChI is InChI=1S/C5H11NO/c1-6-4-2-3-5-7/h5-6H,2-4H2,1H3/p+1. The van der Waals surface area contributed by atoms with Crippen LogP contribution in [0.2, 0.25) is 0 Å². The number of aldehydes is 1. The van der Waals surface area contributed by atoms with E-state index < -0.39 is 0 Å². The summed E-state index contributed by atoms with van der Waals surface area (Å²) in [4.78, 5) is 9.67. The van der Waals surface area contributed by atoms with Gasteiger partial charge in [-0.05, 0) is 0 Å². The molecule has 0 fully saturated rings. The van der Waals surface area contributed by atoms with Crippen LogP contribution in [0.4, 0.5) is 0 Å². The van der Waals surface area contributed by atoms with Crippen molar-refractivity contribution in [2.75, 3.05) is 13.6 Å². The molecule has 0 radical (unpaired) electrons. The number of hydrogen-bond donors (Lipinski definition) is 1. The van der Waals surface area contributed by atoms with E-state index in [1.54, 1.807) is 0 Å². The average molecular weight is 102 g/mol. The van der Waals surface area contributed by atoms with Crippen molar-refractivity contribution in [3.8, 4) is 0 Å². The average Bonchev–Trinajstić information content (AvgIpc) is 1.69. The predicted octanol–water partition coefficient (Wildman–Crippen LogP) is -0.841. The third kappa shape index (κ3) is 5.63. The van der Waals surface area contributed by atoms with Crippen molar-refractivity contribution in [1.29, 1.82) is 0 Å². The first-order chi connectivity index (χ1) is 3.41. The SMILES string of the molecule is C[NH2+]CCCC=O. The van der Waals surface area contributed by atoms with E-state index in [2.05, 4.69) is 5.32 Å². The summed E-state index contributed by atoms with van der Waals surface area (Å²) in [6, 6.07) is 0. The highest BCUT2D eigenvalue weighted by Crippen LogP contribution is 1.74. The van der Waals surface area contributed by atoms with E-state index in [0.29, 0.717) is 6.42 Å². The Morgan fingerprint density at radius 2 is 2.43 bits per heavy atom. The van der Waals surface area contributed by atoms with Gasteiger partial charge in [0.05, 0.1) is 13.6 Å². The van der Waals surface area contributed by atoms with E-state index in [4.69, 9.17) is 0 Å². The number of nitrogens with two attached hydrogens (primary N) is 1. The molecule has 0 saturated heterocycles. The first-order valence-corrected chi connectivity index (χ1v) is 2.63. The van der Waals surface area contributed by atoms with E-state index in [0.717, 1.165) is 19.3 Å². The number of unbranched alkanes of at least 4 members (excludes halogenated alkanes) is 1. The molecule has 0 aromatic rings. The summed E-state index contributed by atoms with van der Waals surface area (Å²) >= 11 is 0. The van der Waals surface area contributed by atoms with Crippen molar-refractivity contribution < 1.29 is 10.1 Å². The van der Waals surface area contributed by atoms with E-state index in [1.165, 1.54) is 0 Å². The first-order valence-electron chi connectivity index (χ1n) is 2.63. The Labute approximate surface area is 43.9 Å². The van der Waals surface area contributed by atoms with E-state index in [9.17, 15) is 4.79 Å². The topological polar surface area (TPSA) is 33.7 Å². The van der Waals surface area contributed by atoms with Gasteiger partial charge in [0.15, 0.2) is 0 Å². The Kier molecular flexibility index (Phi) is 5.33. The maximum atomic E-state index is 9.67. The number of hydrogen-bond acceptors (Lipinski definition) is 1. The quantitative estimate of drug-likeness (QED) is 0.364. The molecular formula is C5H12NO+. The fourth-order valence-corrected chi connectivity index (χ4v) is 0.405. The molecular weight excluding hydrogens is 90.1 g/mol. The fourth-order valence-electron chi connectivity index (χ4n) is 0.405. The summed E-state index contributed by atoms with van der Waals surface area (Å²) in [5, 5.41) is 2.07. The van der Waals surface area contributed by atoms with Crippen molar-refractivity contribution >= 4 is 6.29 Å². The van der Waals surface area contributed by atoms with Gasteiger partial charge in [0.1, 0.15) is 6.29 Å². The van der Waals surface area contributed by atoms with Crippen LogP contribution in [0.15, 0.2) is 0 Å². The molecule has 0 aliphatic carbocycles. The van der Waals surface area contributed by atoms with Crippen LogP contribution in [-0.2, 0) is 4.79 Å². The molecule has 0 atom stereocenters. The van der Waals surface area contributed by atoms with Gasteiger partial charge in [-0.1, -0.05) is 0 Å². The zero-order valence-corrected chi connectivity index (χ0v) is 4.68. The van der Waals surface area contributed by atoms with Crippen LogP contribution in [0.25, 0.3) is 0 Å². The van der Waals surface area contributed by atoms with E-state index in [-0.39, 0.29) is 0 Å². The van der Waals surface area contributed by atoms with Gasteiger partial charge in [0.25, 0.3) is 0 Å². The number of carbonyl (C=O) groups excluding carboxylic acids is 1. The van der Waals surface area contributed by atoms with Gasteiger partial charge >= 0.3 is 0 Å². The molecule has 2 N–H and O–H groups in total. The van der Waals surface area contributed by atoms with Gasteiger partial charge < -0.3 is 10.1 Å². The summed E-state index contributed by atoms with van der Waals surface area (Å²) in [5.41, 5.74) is 0. The van der Waals surface area contributed by atoms with Crippen molar-refractivity contribution in [3.05, 3.63) is 0 Å². The Morgan fingerprint density at radius 3 is 2.86 bits per heavy atom. The lowest BCUT2D eigenvalue weighted by Gasteiger charge is -1.86. The second-order valence-corrected chi connectivity index (χ2v) is 1.51. The molecule has 42 valence electrons. The molecule has 0 spiro atoms. The van der Waals surface area contributed by atoms with E-state index in [1.807, 2.05) is 7.05 Å². The molecule has 0 amide bonds. The Bertz CT molecular complexity index is 45.3. The molecule has 0 bridgehead atoms. The monoisotopic (exact) mass is 102 g/mol. The predicted molar refractivity (Wildman–Crippen MR) is 28.0 cm³/mol. The van der Waals surface area contributed by atoms with Crippen LogP contribution >= 0.6 is 0 Å². The summed E-state index contributed by atoms with van der Waals surface area (Å²) < 4.78 is 0. The van der Waals surface area contributed by atoms with Crippen LogP contribution in [0.5, 0.6) is 0 Å². The minimum Gasteiger partial charge on any atom is -0.349 e. The van der Waals surface area contributed by atoms with Crippen LogP contribution in [-0.4, -0.2) is 19.9 Å². The third-order valence-electron chi connectivity index (χ3n) is 0.815. The first kappa shape index (κ1) is 6.63. The fraction of sp³-hybridized carbons (Fsp3) is 0.800. The molecule has 7 heavy (non-hydrogen) atoms. The summed E-state index contributed by atoms with van der Waals surface area (Å²) in [7, 11) is 2.00. The van der Waals surface area contributed by atoms with Crippen molar-refractivity contribution in [1.82, 2.24) is 0 Å². The van der Waals surface area contributed by atoms with Gasteiger partial charge in [-0.15, -0.1) is 0 Å². The molecule has 2 nitrogen and oxygen atoms in total. The molecule has 0 rings (SSSR count). The van der Waals surface area contributed by atoms with Crippen molar-refractivity contribution in [2.45, 2.75) is 12.8 Å². The highest BCUT2D eigenvalue weighted by Gasteiger charge is 1.81. The van der Waals surface area contributed by atoms with Crippen molar-refractivity contribution in [3.63, 3.8) is 0 Å². The maximum absolute atomic E-state index is 9.67. The van der Waals surface area contributed by atoms with E-state index >= 15 is 0 Å². The van der Waals surface area contributed by atoms with Gasteiger partial charge in [-0.25, -0.2) is 0 Å². The van der Waals surface area contributed by atoms with Gasteiger partial charge in [-0.2, -0.15) is 0 Å². The van der Waals surface area contributed by atoms with Crippen molar-refractivity contribution in [2.24, 2.45) is 0 Å². The lowest BCUT2D eigenvalue weighted by molar-refractivity contribution is -0.627. The number of quaternary nitrogens is 1. The zero-order valence-electron chi connectivity index (χ0n) is 4.68. The molecule has 0 aliphatic rings. The minimum absolute atomic E-state index is 0.713. The van der Waals surface area contributed by atoms with Crippen LogP contribution in [0.1, 0.15) is 12.8 Å². The van der Waals surface area contributed by atoms with Gasteiger partial charge in [0.2, 0.25) is 0 Å². The number of rotatable bonds is 4. The molecule has 0 aromatic carbocycles. The number of carbonyl (C=O) groups is 1. The zero-order chi connectivity index (χ0) is 5.54. The minimum atomic E-state index is 0.713. The Hall–Kier alpha value is -0.370. The lowest BCUT2D eigenvalue weighted by atomic mass is 10.3. The highest BCUT2D eigenvalue weighted by molar-refractivity contribution is 5.48. The normalized spacial score (nSPS) is 8.71. The smallest absolute Gasteiger partial charge is 0.120 e. The van der Waals surface area contributed by atoms with Crippen LogP contribution in [0, 0.1) is 0 Å². The molecule has 0 unspecified atom stereocenters. The molecule has 0 saturated carbocycles. The lowest BCUT2D eigenvalue weighted by Crippen LogP contribution is -2.79. The van der Waals surface area contributed by atoms with Gasteiger partial charge in [-0.3, -0.25) is 0 Å². The highest BCUT2D eigenvalue weighted by atomic mass is 16.1.